The molecule has 0 bridgehead atoms. The summed E-state index contributed by atoms with van der Waals surface area (Å²) in [6.45, 7) is 0. The summed E-state index contributed by atoms with van der Waals surface area (Å²) >= 11 is 0. The normalized spacial score (nSPS) is 0. The van der Waals surface area contributed by atoms with Gasteiger partial charge in [0.25, 0.3) is 0 Å². The van der Waals surface area contributed by atoms with Crippen LogP contribution in [0.2, 0.25) is 0 Å². The molecule has 0 aliphatic carbocycles. The second kappa shape index (κ2) is 20.6. The predicted octanol–water partition coefficient (Wildman–Crippen LogP) is 0.0738. The van der Waals surface area contributed by atoms with Crippen molar-refractivity contribution in [2.45, 2.75) is 0 Å². The van der Waals surface area contributed by atoms with E-state index in [1.807, 2.05) is 0 Å². The Balaban J connectivity index is 0. The van der Waals surface area contributed by atoms with Crippen LogP contribution in [0.15, 0.2) is 0 Å². The monoisotopic (exact) mass is 314 g/mol. The molecule has 5 radical (unpaired) electrons. The van der Waals surface area contributed by atoms with E-state index < -0.39 is 0 Å². The van der Waals surface area contributed by atoms with Crippen LogP contribution in [0.4, 0.5) is 0 Å². The summed E-state index contributed by atoms with van der Waals surface area (Å²) in [6, 6.07) is 0. The van der Waals surface area contributed by atoms with Gasteiger partial charge in [0, 0.05) is 67.0 Å². The fourth-order valence-corrected chi connectivity index (χ4v) is 0. The number of hydrogen-bond acceptors (Lipinski definition) is 0. The first-order valence-electron chi connectivity index (χ1n) is 0. The average molecular weight is 314 g/mol. The largest absolute Gasteiger partial charge is 0 e. The minimum atomic E-state index is 0. The Bertz CT molecular complexity index is 8.00. The van der Waals surface area contributed by atoms with Crippen molar-refractivity contribution in [3.63, 3.8) is 0 Å². The van der Waals surface area contributed by atoms with Crippen LogP contribution in [0.1, 0.15) is 0 Å². The molecule has 0 aliphatic rings. The third-order valence-electron chi connectivity index (χ3n) is 0. The molecule has 0 unspecified atom stereocenters. The van der Waals surface area contributed by atoms with Gasteiger partial charge in [0.2, 0.25) is 0 Å². The molecule has 27 valence electrons. The van der Waals surface area contributed by atoms with Crippen molar-refractivity contribution in [3.05, 3.63) is 7.43 Å². The molecule has 0 nitrogen and oxygen atoms in total. The topological polar surface area (TPSA) is 0 Å². The van der Waals surface area contributed by atoms with Gasteiger partial charge in [-0.2, -0.15) is 0 Å². The van der Waals surface area contributed by atoms with Crippen molar-refractivity contribution in [3.8, 4) is 0 Å². The zero-order valence-corrected chi connectivity index (χ0v) is 6.52. The molecule has 0 N–H and O–H groups in total. The number of hydrogen-bond donors (Lipinski definition) is 0. The van der Waals surface area contributed by atoms with Crippen molar-refractivity contribution < 1.29 is 59.6 Å². The van der Waals surface area contributed by atoms with Crippen LogP contribution < -0.4 is 0 Å². The van der Waals surface area contributed by atoms with Gasteiger partial charge in [0.15, 0.2) is 0 Å². The standard InChI is InChI=1S/C.Co.Pt.Ti. The molecule has 4 heavy (non-hydrogen) atoms. The first-order chi connectivity index (χ1) is 0. The molecule has 0 aliphatic heterocycles. The van der Waals surface area contributed by atoms with E-state index >= 15 is 0 Å². The van der Waals surface area contributed by atoms with Crippen molar-refractivity contribution in [1.82, 2.24) is 0 Å². The Hall–Kier alpha value is 1.91. The summed E-state index contributed by atoms with van der Waals surface area (Å²) in [5.41, 5.74) is 0. The Morgan fingerprint density at radius 2 is 1.00 bits per heavy atom. The van der Waals surface area contributed by atoms with Crippen molar-refractivity contribution in [1.29, 1.82) is 0 Å². The molecule has 0 aromatic heterocycles. The van der Waals surface area contributed by atoms with Gasteiger partial charge in [0.05, 0.1) is 0 Å². The van der Waals surface area contributed by atoms with Gasteiger partial charge in [-0.15, -0.1) is 0 Å². The van der Waals surface area contributed by atoms with Crippen LogP contribution in [0.3, 0.4) is 0 Å². The van der Waals surface area contributed by atoms with E-state index in [2.05, 4.69) is 0 Å². The van der Waals surface area contributed by atoms with Crippen LogP contribution in [0, 0.1) is 7.43 Å². The first-order valence-corrected chi connectivity index (χ1v) is 0. The predicted molar refractivity (Wildman–Crippen MR) is 3.24 cm³/mol. The fourth-order valence-electron chi connectivity index (χ4n) is 0. The molecular weight excluding hydrogens is 314 g/mol. The Kier molecular flexibility index (Phi) is 201. The molecule has 0 fully saturated rings. The Labute approximate surface area is 66.5 Å². The molecule has 0 rings (SSSR count). The van der Waals surface area contributed by atoms with E-state index in [9.17, 15) is 0 Å². The van der Waals surface area contributed by atoms with Gasteiger partial charge < -0.3 is 0 Å². The third kappa shape index (κ3) is 9.08. The molecule has 0 aromatic rings. The third-order valence-corrected chi connectivity index (χ3v) is 0. The maximum absolute atomic E-state index is 0. The van der Waals surface area contributed by atoms with Gasteiger partial charge >= 0.3 is 0 Å². The van der Waals surface area contributed by atoms with Gasteiger partial charge in [0.1, 0.15) is 0 Å². The second-order valence-corrected chi connectivity index (χ2v) is 0. The SMILES string of the molecule is [C].[Co].[Pt].[Ti]. The summed E-state index contributed by atoms with van der Waals surface area (Å²) in [4.78, 5) is 0. The van der Waals surface area contributed by atoms with Gasteiger partial charge in [-0.3, -0.25) is 0 Å². The van der Waals surface area contributed by atoms with Crippen molar-refractivity contribution in [2.75, 3.05) is 0 Å². The van der Waals surface area contributed by atoms with Crippen LogP contribution in [-0.2, 0) is 59.6 Å². The van der Waals surface area contributed by atoms with Crippen LogP contribution in [0.25, 0.3) is 0 Å². The smallest absolute Gasteiger partial charge is 0 e. The van der Waals surface area contributed by atoms with E-state index in [-0.39, 0.29) is 67.0 Å². The maximum Gasteiger partial charge on any atom is 0 e. The van der Waals surface area contributed by atoms with Gasteiger partial charge in [-0.25, -0.2) is 0 Å². The van der Waals surface area contributed by atoms with E-state index in [1.54, 1.807) is 0 Å². The molecule has 0 spiro atoms. The minimum Gasteiger partial charge on any atom is 0 e. The van der Waals surface area contributed by atoms with Crippen LogP contribution in [0.5, 0.6) is 0 Å². The summed E-state index contributed by atoms with van der Waals surface area (Å²) < 4.78 is 0. The van der Waals surface area contributed by atoms with E-state index in [1.165, 1.54) is 0 Å². The second-order valence-electron chi connectivity index (χ2n) is 0. The van der Waals surface area contributed by atoms with Crippen LogP contribution >= 0.6 is 0 Å². The summed E-state index contributed by atoms with van der Waals surface area (Å²) in [5.74, 6) is 0. The average Bonchev–Trinajstić information content (AvgIpc) is 0. The molecule has 0 amide bonds. The van der Waals surface area contributed by atoms with Crippen molar-refractivity contribution in [2.24, 2.45) is 0 Å². The molecule has 0 heterocycles. The first kappa shape index (κ1) is 39.1. The molecule has 0 saturated carbocycles. The van der Waals surface area contributed by atoms with E-state index in [0.717, 1.165) is 0 Å². The molecule has 3 heteroatoms. The zero-order valence-electron chi connectivity index (χ0n) is 1.65. The quantitative estimate of drug-likeness (QED) is 0.556. The van der Waals surface area contributed by atoms with Gasteiger partial charge in [-0.05, 0) is 0 Å². The zero-order chi connectivity index (χ0) is 0. The van der Waals surface area contributed by atoms with Gasteiger partial charge in [-0.1, -0.05) is 0 Å². The fraction of sp³-hybridized carbons (Fsp3) is 0. The molecule has 0 atom stereocenters. The van der Waals surface area contributed by atoms with E-state index in [4.69, 9.17) is 0 Å². The van der Waals surface area contributed by atoms with Crippen molar-refractivity contribution >= 4 is 0 Å². The van der Waals surface area contributed by atoms with Crippen LogP contribution in [-0.4, -0.2) is 0 Å². The molecular formula is CCoPtTi. The number of rotatable bonds is 0. The summed E-state index contributed by atoms with van der Waals surface area (Å²) in [5, 5.41) is 0. The molecule has 0 aromatic carbocycles. The van der Waals surface area contributed by atoms with E-state index in [0.29, 0.717) is 0 Å². The molecule has 0 saturated heterocycles. The Morgan fingerprint density at radius 1 is 1.00 bits per heavy atom. The Morgan fingerprint density at radius 3 is 1.00 bits per heavy atom. The minimum absolute atomic E-state index is 0. The summed E-state index contributed by atoms with van der Waals surface area (Å²) in [6.07, 6.45) is 0. The summed E-state index contributed by atoms with van der Waals surface area (Å²) in [7, 11) is 0. The maximum atomic E-state index is 0.